The zero-order chi connectivity index (χ0) is 36.3. The molecule has 2 heterocycles. The van der Waals surface area contributed by atoms with Crippen LogP contribution >= 0.6 is 11.3 Å². The predicted molar refractivity (Wildman–Crippen MR) is 235 cm³/mol. The Kier molecular flexibility index (Phi) is 7.39. The quantitative estimate of drug-likeness (QED) is 0.170. The monoisotopic (exact) mass is 719 g/mol. The lowest BCUT2D eigenvalue weighted by Gasteiger charge is -2.26. The van der Waals surface area contributed by atoms with Crippen molar-refractivity contribution in [1.29, 1.82) is 0 Å². The van der Waals surface area contributed by atoms with Gasteiger partial charge in [-0.15, -0.1) is 11.3 Å². The molecule has 258 valence electrons. The molecule has 0 unspecified atom stereocenters. The van der Waals surface area contributed by atoms with Gasteiger partial charge in [0.15, 0.2) is 0 Å². The van der Waals surface area contributed by atoms with E-state index < -0.39 is 0 Å². The van der Waals surface area contributed by atoms with E-state index in [1.165, 1.54) is 53.2 Å². The predicted octanol–water partition coefficient (Wildman–Crippen LogP) is 15.6. The van der Waals surface area contributed by atoms with Gasteiger partial charge in [0.25, 0.3) is 0 Å². The third-order valence-corrected chi connectivity index (χ3v) is 12.0. The summed E-state index contributed by atoms with van der Waals surface area (Å²) >= 11 is 1.86. The number of furan rings is 1. The van der Waals surface area contributed by atoms with Crippen molar-refractivity contribution < 1.29 is 4.42 Å². The Morgan fingerprint density at radius 1 is 0.345 bits per heavy atom. The van der Waals surface area contributed by atoms with Crippen molar-refractivity contribution in [1.82, 2.24) is 0 Å². The maximum absolute atomic E-state index is 6.43. The Morgan fingerprint density at radius 3 is 1.75 bits per heavy atom. The van der Waals surface area contributed by atoms with Gasteiger partial charge < -0.3 is 9.32 Å². The molecule has 11 rings (SSSR count). The van der Waals surface area contributed by atoms with E-state index in [1.807, 2.05) is 11.3 Å². The SMILES string of the molecule is c1ccc(-c2ccc(N(c3ccc(-c4cccc5oc6cc7ccccc7cc6c45)cc3)c3cccc(-c4cccc5sc6ccccc6c45)c3)cc2)cc1. The average molecular weight is 720 g/mol. The molecule has 2 aromatic heterocycles. The van der Waals surface area contributed by atoms with Gasteiger partial charge in [0.2, 0.25) is 0 Å². The van der Waals surface area contributed by atoms with Crippen LogP contribution in [0.2, 0.25) is 0 Å². The fraction of sp³-hybridized carbons (Fsp3) is 0. The van der Waals surface area contributed by atoms with E-state index in [1.54, 1.807) is 0 Å². The minimum atomic E-state index is 0.900. The van der Waals surface area contributed by atoms with Gasteiger partial charge in [-0.25, -0.2) is 0 Å². The molecule has 0 atom stereocenters. The third kappa shape index (κ3) is 5.40. The zero-order valence-electron chi connectivity index (χ0n) is 29.8. The molecule has 0 bridgehead atoms. The number of thiophene rings is 1. The number of hydrogen-bond acceptors (Lipinski definition) is 3. The van der Waals surface area contributed by atoms with Gasteiger partial charge >= 0.3 is 0 Å². The highest BCUT2D eigenvalue weighted by atomic mass is 32.1. The molecule has 0 saturated heterocycles. The molecule has 0 aliphatic rings. The second-order valence-electron chi connectivity index (χ2n) is 14.1. The van der Waals surface area contributed by atoms with Gasteiger partial charge in [-0.2, -0.15) is 0 Å². The summed E-state index contributed by atoms with van der Waals surface area (Å²) in [4.78, 5) is 2.37. The normalized spacial score (nSPS) is 11.6. The number of anilines is 3. The van der Waals surface area contributed by atoms with Gasteiger partial charge in [-0.05, 0) is 111 Å². The lowest BCUT2D eigenvalue weighted by molar-refractivity contribution is 0.669. The topological polar surface area (TPSA) is 16.4 Å². The molecule has 0 N–H and O–H groups in total. The molecule has 55 heavy (non-hydrogen) atoms. The number of benzene rings is 9. The first kappa shape index (κ1) is 31.6. The number of nitrogens with zero attached hydrogens (tertiary/aromatic N) is 1. The Balaban J connectivity index is 1.04. The molecule has 0 fully saturated rings. The van der Waals surface area contributed by atoms with E-state index in [4.69, 9.17) is 4.42 Å². The number of hydrogen-bond donors (Lipinski definition) is 0. The van der Waals surface area contributed by atoms with Crippen molar-refractivity contribution in [2.45, 2.75) is 0 Å². The summed E-state index contributed by atoms with van der Waals surface area (Å²) < 4.78 is 9.05. The highest BCUT2D eigenvalue weighted by Gasteiger charge is 2.18. The highest BCUT2D eigenvalue weighted by Crippen LogP contribution is 2.44. The van der Waals surface area contributed by atoms with Crippen molar-refractivity contribution in [3.8, 4) is 33.4 Å². The van der Waals surface area contributed by atoms with E-state index in [0.29, 0.717) is 0 Å². The molecule has 0 saturated carbocycles. The Hall–Kier alpha value is -6.94. The van der Waals surface area contributed by atoms with Crippen molar-refractivity contribution in [3.05, 3.63) is 200 Å². The summed E-state index contributed by atoms with van der Waals surface area (Å²) in [6.07, 6.45) is 0. The first-order chi connectivity index (χ1) is 27.2. The largest absolute Gasteiger partial charge is 0.456 e. The molecule has 0 radical (unpaired) electrons. The molecule has 3 heteroatoms. The van der Waals surface area contributed by atoms with E-state index in [9.17, 15) is 0 Å². The summed E-state index contributed by atoms with van der Waals surface area (Å²) in [5.74, 6) is 0. The zero-order valence-corrected chi connectivity index (χ0v) is 30.6. The van der Waals surface area contributed by atoms with Crippen molar-refractivity contribution in [2.75, 3.05) is 4.90 Å². The molecular formula is C52H33NOS. The first-order valence-electron chi connectivity index (χ1n) is 18.7. The summed E-state index contributed by atoms with van der Waals surface area (Å²) in [7, 11) is 0. The van der Waals surface area contributed by atoms with Gasteiger partial charge in [0, 0.05) is 48.0 Å². The third-order valence-electron chi connectivity index (χ3n) is 10.9. The van der Waals surface area contributed by atoms with Crippen molar-refractivity contribution in [3.63, 3.8) is 0 Å². The molecular weight excluding hydrogens is 687 g/mol. The van der Waals surface area contributed by atoms with Crippen LogP contribution in [-0.2, 0) is 0 Å². The van der Waals surface area contributed by atoms with Crippen LogP contribution in [0.3, 0.4) is 0 Å². The fourth-order valence-corrected chi connectivity index (χ4v) is 9.38. The lowest BCUT2D eigenvalue weighted by Crippen LogP contribution is -2.10. The van der Waals surface area contributed by atoms with Crippen LogP contribution in [0.4, 0.5) is 17.1 Å². The second kappa shape index (κ2) is 12.9. The van der Waals surface area contributed by atoms with Crippen molar-refractivity contribution >= 4 is 81.3 Å². The van der Waals surface area contributed by atoms with Crippen LogP contribution in [0.5, 0.6) is 0 Å². The Morgan fingerprint density at radius 2 is 0.945 bits per heavy atom. The van der Waals surface area contributed by atoms with Crippen LogP contribution < -0.4 is 4.90 Å². The van der Waals surface area contributed by atoms with Crippen LogP contribution in [0, 0.1) is 0 Å². The molecule has 0 aliphatic heterocycles. The molecule has 0 amide bonds. The van der Waals surface area contributed by atoms with Crippen molar-refractivity contribution in [2.24, 2.45) is 0 Å². The summed E-state index contributed by atoms with van der Waals surface area (Å²) in [5.41, 5.74) is 12.2. The number of rotatable bonds is 6. The first-order valence-corrected chi connectivity index (χ1v) is 19.5. The van der Waals surface area contributed by atoms with Gasteiger partial charge in [-0.3, -0.25) is 0 Å². The summed E-state index contributed by atoms with van der Waals surface area (Å²) in [6.45, 7) is 0. The van der Waals surface area contributed by atoms with Gasteiger partial charge in [-0.1, -0.05) is 133 Å². The van der Waals surface area contributed by atoms with Crippen LogP contribution in [0.25, 0.3) is 86.3 Å². The summed E-state index contributed by atoms with van der Waals surface area (Å²) in [6, 6.07) is 72.2. The van der Waals surface area contributed by atoms with Gasteiger partial charge in [0.05, 0.1) is 0 Å². The number of fused-ring (bicyclic) bond motifs is 7. The minimum Gasteiger partial charge on any atom is -0.456 e. The molecule has 11 aromatic rings. The average Bonchev–Trinajstić information content (AvgIpc) is 3.82. The van der Waals surface area contributed by atoms with Crippen LogP contribution in [0.1, 0.15) is 0 Å². The summed E-state index contributed by atoms with van der Waals surface area (Å²) in [5, 5.41) is 7.30. The molecule has 9 aromatic carbocycles. The standard InChI is InChI=1S/C52H33NOS/c1-2-11-34(12-3-1)35-23-27-40(28-24-35)53(42-16-8-15-39(31-42)44-19-10-22-50-52(44)45-17-6-7-21-49(45)55-50)41-29-25-36(26-30-41)43-18-9-20-47-51(43)46-32-37-13-4-5-14-38(37)33-48(46)54-47/h1-33H. The fourth-order valence-electron chi connectivity index (χ4n) is 8.25. The van der Waals surface area contributed by atoms with Crippen LogP contribution in [0.15, 0.2) is 205 Å². The highest BCUT2D eigenvalue weighted by molar-refractivity contribution is 7.25. The van der Waals surface area contributed by atoms with E-state index in [-0.39, 0.29) is 0 Å². The molecule has 0 aliphatic carbocycles. The minimum absolute atomic E-state index is 0.900. The van der Waals surface area contributed by atoms with E-state index in [0.717, 1.165) is 50.1 Å². The smallest absolute Gasteiger partial charge is 0.136 e. The Labute approximate surface area is 322 Å². The van der Waals surface area contributed by atoms with E-state index in [2.05, 4.69) is 205 Å². The maximum atomic E-state index is 6.43. The van der Waals surface area contributed by atoms with E-state index >= 15 is 0 Å². The second-order valence-corrected chi connectivity index (χ2v) is 15.2. The molecule has 2 nitrogen and oxygen atoms in total. The maximum Gasteiger partial charge on any atom is 0.136 e. The lowest BCUT2D eigenvalue weighted by atomic mass is 9.97. The Bertz CT molecular complexity index is 3190. The van der Waals surface area contributed by atoms with Crippen LogP contribution in [-0.4, -0.2) is 0 Å². The molecule has 0 spiro atoms. The van der Waals surface area contributed by atoms with Gasteiger partial charge in [0.1, 0.15) is 11.2 Å².